The molecule has 14 heavy (non-hydrogen) atoms. The largest absolute Gasteiger partial charge is 0.484 e. The minimum Gasteiger partial charge on any atom is -0.484 e. The predicted molar refractivity (Wildman–Crippen MR) is 49.2 cm³/mol. The van der Waals surface area contributed by atoms with Crippen LogP contribution in [0.15, 0.2) is 18.2 Å². The molecular weight excluding hydrogens is 211 g/mol. The smallest absolute Gasteiger partial charge is 0.271 e. The second-order valence-electron chi connectivity index (χ2n) is 2.43. The van der Waals surface area contributed by atoms with E-state index in [1.807, 2.05) is 5.43 Å². The predicted octanol–water partition coefficient (Wildman–Crippen LogP) is 0.848. The molecule has 1 rings (SSSR count). The molecule has 0 aliphatic rings. The van der Waals surface area contributed by atoms with Gasteiger partial charge in [0.25, 0.3) is 5.91 Å². The molecule has 0 saturated carbocycles. The summed E-state index contributed by atoms with van der Waals surface area (Å²) < 4.78 is 17.6. The highest BCUT2D eigenvalue weighted by molar-refractivity contribution is 6.30. The van der Waals surface area contributed by atoms with Gasteiger partial charge in [0.05, 0.1) is 5.02 Å². The van der Waals surface area contributed by atoms with Crippen molar-refractivity contribution in [1.29, 1.82) is 0 Å². The molecule has 0 fully saturated rings. The van der Waals surface area contributed by atoms with Crippen LogP contribution in [-0.2, 0) is 4.79 Å². The number of carbonyl (C=O) groups excluding carboxylic acids is 1. The maximum atomic E-state index is 12.7. The number of hydrogen-bond acceptors (Lipinski definition) is 3. The molecule has 0 aliphatic carbocycles. The van der Waals surface area contributed by atoms with Gasteiger partial charge in [-0.15, -0.1) is 0 Å². The van der Waals surface area contributed by atoms with Gasteiger partial charge in [0.15, 0.2) is 6.61 Å². The molecular formula is C8H8ClFN2O2. The van der Waals surface area contributed by atoms with E-state index in [1.54, 1.807) is 0 Å². The van der Waals surface area contributed by atoms with Crippen molar-refractivity contribution in [3.05, 3.63) is 29.0 Å². The Morgan fingerprint density at radius 1 is 1.64 bits per heavy atom. The first-order valence-corrected chi connectivity index (χ1v) is 4.08. The van der Waals surface area contributed by atoms with Gasteiger partial charge in [-0.1, -0.05) is 11.6 Å². The molecule has 0 spiro atoms. The molecule has 0 aromatic heterocycles. The fourth-order valence-electron chi connectivity index (χ4n) is 0.757. The molecule has 0 radical (unpaired) electrons. The summed E-state index contributed by atoms with van der Waals surface area (Å²) in [7, 11) is 0. The Hall–Kier alpha value is -1.33. The van der Waals surface area contributed by atoms with Crippen molar-refractivity contribution in [3.8, 4) is 5.75 Å². The monoisotopic (exact) mass is 218 g/mol. The Morgan fingerprint density at radius 2 is 2.36 bits per heavy atom. The van der Waals surface area contributed by atoms with E-state index in [1.165, 1.54) is 12.1 Å². The Kier molecular flexibility index (Phi) is 3.67. The Bertz CT molecular complexity index is 346. The molecule has 1 aromatic carbocycles. The Morgan fingerprint density at radius 3 is 2.93 bits per heavy atom. The molecule has 1 amide bonds. The van der Waals surface area contributed by atoms with E-state index >= 15 is 0 Å². The summed E-state index contributed by atoms with van der Waals surface area (Å²) in [5.41, 5.74) is 1.89. The van der Waals surface area contributed by atoms with Gasteiger partial charge >= 0.3 is 0 Å². The maximum absolute atomic E-state index is 12.7. The highest BCUT2D eigenvalue weighted by Crippen LogP contribution is 2.20. The zero-order chi connectivity index (χ0) is 10.6. The number of carbonyl (C=O) groups is 1. The van der Waals surface area contributed by atoms with Gasteiger partial charge in [-0.05, 0) is 12.1 Å². The third-order valence-electron chi connectivity index (χ3n) is 1.42. The molecule has 0 aliphatic heterocycles. The quantitative estimate of drug-likeness (QED) is 0.449. The van der Waals surface area contributed by atoms with Gasteiger partial charge in [-0.2, -0.15) is 0 Å². The molecule has 0 bridgehead atoms. The van der Waals surface area contributed by atoms with Crippen molar-refractivity contribution in [2.75, 3.05) is 6.61 Å². The second-order valence-corrected chi connectivity index (χ2v) is 2.84. The third-order valence-corrected chi connectivity index (χ3v) is 1.71. The molecule has 0 unspecified atom stereocenters. The van der Waals surface area contributed by atoms with Gasteiger partial charge in [0.2, 0.25) is 0 Å². The number of halogens is 2. The van der Waals surface area contributed by atoms with Gasteiger partial charge in [0.1, 0.15) is 11.6 Å². The zero-order valence-electron chi connectivity index (χ0n) is 7.09. The van der Waals surface area contributed by atoms with E-state index < -0.39 is 11.7 Å². The van der Waals surface area contributed by atoms with E-state index in [2.05, 4.69) is 0 Å². The first-order chi connectivity index (χ1) is 6.63. The van der Waals surface area contributed by atoms with Crippen LogP contribution in [-0.4, -0.2) is 12.5 Å². The number of rotatable bonds is 3. The molecule has 6 heteroatoms. The highest BCUT2D eigenvalue weighted by Gasteiger charge is 2.03. The van der Waals surface area contributed by atoms with Crippen molar-refractivity contribution in [1.82, 2.24) is 5.43 Å². The molecule has 4 nitrogen and oxygen atoms in total. The summed E-state index contributed by atoms with van der Waals surface area (Å²) in [6.07, 6.45) is 0. The first-order valence-electron chi connectivity index (χ1n) is 3.71. The first kappa shape index (κ1) is 10.7. The van der Waals surface area contributed by atoms with Crippen LogP contribution in [0.5, 0.6) is 5.75 Å². The maximum Gasteiger partial charge on any atom is 0.271 e. The number of benzene rings is 1. The van der Waals surface area contributed by atoms with Crippen molar-refractivity contribution in [3.63, 3.8) is 0 Å². The molecule has 1 aromatic rings. The normalized spacial score (nSPS) is 9.64. The van der Waals surface area contributed by atoms with Gasteiger partial charge in [0, 0.05) is 6.07 Å². The molecule has 0 heterocycles. The number of ether oxygens (including phenoxy) is 1. The van der Waals surface area contributed by atoms with E-state index in [0.717, 1.165) is 6.07 Å². The number of hydrazine groups is 1. The van der Waals surface area contributed by atoms with Crippen molar-refractivity contribution in [2.24, 2.45) is 5.84 Å². The third kappa shape index (κ3) is 2.86. The molecule has 3 N–H and O–H groups in total. The van der Waals surface area contributed by atoms with Crippen LogP contribution in [0.25, 0.3) is 0 Å². The van der Waals surface area contributed by atoms with Gasteiger partial charge in [-0.3, -0.25) is 10.2 Å². The SMILES string of the molecule is NNC(=O)COc1ccc(F)c(Cl)c1. The summed E-state index contributed by atoms with van der Waals surface area (Å²) >= 11 is 5.48. The summed E-state index contributed by atoms with van der Waals surface area (Å²) in [4.78, 5) is 10.7. The summed E-state index contributed by atoms with van der Waals surface area (Å²) in [6, 6.07) is 3.80. The van der Waals surface area contributed by atoms with Crippen LogP contribution in [0, 0.1) is 5.82 Å². The van der Waals surface area contributed by atoms with E-state index in [0.29, 0.717) is 5.75 Å². The fraction of sp³-hybridized carbons (Fsp3) is 0.125. The number of amides is 1. The lowest BCUT2D eigenvalue weighted by atomic mass is 10.3. The van der Waals surface area contributed by atoms with Crippen LogP contribution < -0.4 is 16.0 Å². The van der Waals surface area contributed by atoms with Crippen molar-refractivity contribution in [2.45, 2.75) is 0 Å². The van der Waals surface area contributed by atoms with Crippen LogP contribution in [0.4, 0.5) is 4.39 Å². The van der Waals surface area contributed by atoms with Gasteiger partial charge < -0.3 is 4.74 Å². The average Bonchev–Trinajstić information content (AvgIpc) is 2.19. The van der Waals surface area contributed by atoms with E-state index in [9.17, 15) is 9.18 Å². The van der Waals surface area contributed by atoms with Crippen molar-refractivity contribution >= 4 is 17.5 Å². The average molecular weight is 219 g/mol. The van der Waals surface area contributed by atoms with Crippen LogP contribution in [0.1, 0.15) is 0 Å². The lowest BCUT2D eigenvalue weighted by Gasteiger charge is -2.05. The molecule has 76 valence electrons. The van der Waals surface area contributed by atoms with Gasteiger partial charge in [-0.25, -0.2) is 10.2 Å². The number of nitrogens with two attached hydrogens (primary N) is 1. The van der Waals surface area contributed by atoms with E-state index in [-0.39, 0.29) is 11.6 Å². The number of nitrogens with one attached hydrogen (secondary N) is 1. The lowest BCUT2D eigenvalue weighted by molar-refractivity contribution is -0.123. The zero-order valence-corrected chi connectivity index (χ0v) is 7.84. The lowest BCUT2D eigenvalue weighted by Crippen LogP contribution is -2.34. The Labute approximate surface area is 84.8 Å². The summed E-state index contributed by atoms with van der Waals surface area (Å²) in [5.74, 6) is 4.11. The topological polar surface area (TPSA) is 64.3 Å². The standard InChI is InChI=1S/C8H8ClFN2O2/c9-6-3-5(1-2-7(6)10)14-4-8(13)12-11/h1-3H,4,11H2,(H,12,13). The van der Waals surface area contributed by atoms with Crippen molar-refractivity contribution < 1.29 is 13.9 Å². The fourth-order valence-corrected chi connectivity index (χ4v) is 0.928. The Balaban J connectivity index is 2.60. The highest BCUT2D eigenvalue weighted by atomic mass is 35.5. The number of hydrogen-bond donors (Lipinski definition) is 2. The second kappa shape index (κ2) is 4.78. The molecule has 0 atom stereocenters. The van der Waals surface area contributed by atoms with Crippen LogP contribution in [0.3, 0.4) is 0 Å². The van der Waals surface area contributed by atoms with E-state index in [4.69, 9.17) is 22.2 Å². The minimum atomic E-state index is -0.540. The van der Waals surface area contributed by atoms with Crippen LogP contribution in [0.2, 0.25) is 5.02 Å². The van der Waals surface area contributed by atoms with Crippen LogP contribution >= 0.6 is 11.6 Å². The molecule has 0 saturated heterocycles. The summed E-state index contributed by atoms with van der Waals surface area (Å²) in [5, 5.41) is -0.0596. The summed E-state index contributed by atoms with van der Waals surface area (Å²) in [6.45, 7) is -0.238. The minimum absolute atomic E-state index is 0.0596.